The highest BCUT2D eigenvalue weighted by Crippen LogP contribution is 2.09. The standard InChI is InChI=1S/C15H25N/c1-4-8-15(16-13(2)3)12-11-14-9-6-5-7-10-14/h5-7,9-10,13,15-16H,4,8,11-12H2,1-3H3. The summed E-state index contributed by atoms with van der Waals surface area (Å²) in [5.74, 6) is 0. The lowest BCUT2D eigenvalue weighted by atomic mass is 10.0. The fourth-order valence-electron chi connectivity index (χ4n) is 2.12. The zero-order valence-electron chi connectivity index (χ0n) is 10.9. The quantitative estimate of drug-likeness (QED) is 0.736. The van der Waals surface area contributed by atoms with Gasteiger partial charge in [-0.15, -0.1) is 0 Å². The molecule has 1 rings (SSSR count). The number of benzene rings is 1. The van der Waals surface area contributed by atoms with Crippen LogP contribution in [0.4, 0.5) is 0 Å². The first-order valence-electron chi connectivity index (χ1n) is 6.52. The second-order valence-electron chi connectivity index (χ2n) is 4.83. The van der Waals surface area contributed by atoms with Gasteiger partial charge in [0.25, 0.3) is 0 Å². The van der Waals surface area contributed by atoms with E-state index >= 15 is 0 Å². The molecule has 1 unspecified atom stereocenters. The summed E-state index contributed by atoms with van der Waals surface area (Å²) in [5, 5.41) is 3.65. The highest BCUT2D eigenvalue weighted by atomic mass is 14.9. The van der Waals surface area contributed by atoms with E-state index in [1.54, 1.807) is 0 Å². The smallest absolute Gasteiger partial charge is 0.00724 e. The predicted molar refractivity (Wildman–Crippen MR) is 71.7 cm³/mol. The van der Waals surface area contributed by atoms with Gasteiger partial charge in [0.1, 0.15) is 0 Å². The second-order valence-corrected chi connectivity index (χ2v) is 4.83. The van der Waals surface area contributed by atoms with Crippen molar-refractivity contribution >= 4 is 0 Å². The Balaban J connectivity index is 2.37. The Morgan fingerprint density at radius 1 is 1.06 bits per heavy atom. The molecule has 0 aliphatic heterocycles. The first-order valence-corrected chi connectivity index (χ1v) is 6.52. The average Bonchev–Trinajstić information content (AvgIpc) is 2.27. The molecule has 0 spiro atoms. The summed E-state index contributed by atoms with van der Waals surface area (Å²) in [5.41, 5.74) is 1.45. The van der Waals surface area contributed by atoms with E-state index in [9.17, 15) is 0 Å². The van der Waals surface area contributed by atoms with Crippen LogP contribution in [0.15, 0.2) is 30.3 Å². The molecule has 1 N–H and O–H groups in total. The summed E-state index contributed by atoms with van der Waals surface area (Å²) in [6.45, 7) is 6.72. The van der Waals surface area contributed by atoms with E-state index in [0.29, 0.717) is 12.1 Å². The fourth-order valence-corrected chi connectivity index (χ4v) is 2.12. The van der Waals surface area contributed by atoms with Crippen molar-refractivity contribution < 1.29 is 0 Å². The van der Waals surface area contributed by atoms with E-state index in [1.165, 1.54) is 31.2 Å². The van der Waals surface area contributed by atoms with E-state index in [2.05, 4.69) is 56.4 Å². The summed E-state index contributed by atoms with van der Waals surface area (Å²) in [7, 11) is 0. The summed E-state index contributed by atoms with van der Waals surface area (Å²) >= 11 is 0. The molecule has 1 aromatic rings. The zero-order chi connectivity index (χ0) is 11.8. The van der Waals surface area contributed by atoms with E-state index in [4.69, 9.17) is 0 Å². The molecule has 90 valence electrons. The highest BCUT2D eigenvalue weighted by Gasteiger charge is 2.08. The Morgan fingerprint density at radius 2 is 1.75 bits per heavy atom. The number of hydrogen-bond donors (Lipinski definition) is 1. The van der Waals surface area contributed by atoms with Crippen molar-refractivity contribution in [1.82, 2.24) is 5.32 Å². The lowest BCUT2D eigenvalue weighted by Gasteiger charge is -2.20. The number of aryl methyl sites for hydroxylation is 1. The van der Waals surface area contributed by atoms with E-state index in [-0.39, 0.29) is 0 Å². The van der Waals surface area contributed by atoms with Gasteiger partial charge in [0.15, 0.2) is 0 Å². The average molecular weight is 219 g/mol. The Hall–Kier alpha value is -0.820. The van der Waals surface area contributed by atoms with E-state index < -0.39 is 0 Å². The zero-order valence-corrected chi connectivity index (χ0v) is 10.9. The Bertz CT molecular complexity index is 266. The topological polar surface area (TPSA) is 12.0 Å². The molecule has 0 heterocycles. The van der Waals surface area contributed by atoms with Crippen molar-refractivity contribution in [1.29, 1.82) is 0 Å². The van der Waals surface area contributed by atoms with Gasteiger partial charge in [-0.25, -0.2) is 0 Å². The molecule has 0 fully saturated rings. The SMILES string of the molecule is CCCC(CCc1ccccc1)NC(C)C. The molecule has 1 atom stereocenters. The van der Waals surface area contributed by atoms with Crippen LogP contribution in [0, 0.1) is 0 Å². The first kappa shape index (κ1) is 13.2. The van der Waals surface area contributed by atoms with Crippen molar-refractivity contribution in [2.75, 3.05) is 0 Å². The van der Waals surface area contributed by atoms with Crippen molar-refractivity contribution in [2.45, 2.75) is 58.5 Å². The maximum atomic E-state index is 3.65. The third-order valence-electron chi connectivity index (χ3n) is 2.83. The summed E-state index contributed by atoms with van der Waals surface area (Å²) in [4.78, 5) is 0. The van der Waals surface area contributed by atoms with Crippen LogP contribution in [0.3, 0.4) is 0 Å². The summed E-state index contributed by atoms with van der Waals surface area (Å²) in [6, 6.07) is 12.0. The Morgan fingerprint density at radius 3 is 2.31 bits per heavy atom. The van der Waals surface area contributed by atoms with Crippen LogP contribution in [0.25, 0.3) is 0 Å². The molecule has 1 nitrogen and oxygen atoms in total. The van der Waals surface area contributed by atoms with Crippen LogP contribution in [-0.2, 0) is 6.42 Å². The molecule has 0 bridgehead atoms. The van der Waals surface area contributed by atoms with Gasteiger partial charge in [0.2, 0.25) is 0 Å². The minimum Gasteiger partial charge on any atom is -0.312 e. The lowest BCUT2D eigenvalue weighted by Crippen LogP contribution is -2.35. The maximum absolute atomic E-state index is 3.65. The normalized spacial score (nSPS) is 13.0. The lowest BCUT2D eigenvalue weighted by molar-refractivity contribution is 0.413. The molecule has 0 radical (unpaired) electrons. The molecule has 0 amide bonds. The minimum atomic E-state index is 0.590. The van der Waals surface area contributed by atoms with Crippen LogP contribution in [-0.4, -0.2) is 12.1 Å². The van der Waals surface area contributed by atoms with Gasteiger partial charge in [-0.2, -0.15) is 0 Å². The number of rotatable bonds is 7. The molecule has 16 heavy (non-hydrogen) atoms. The Labute approximate surface area is 100 Å². The van der Waals surface area contributed by atoms with Crippen molar-refractivity contribution in [2.24, 2.45) is 0 Å². The van der Waals surface area contributed by atoms with E-state index in [1.807, 2.05) is 0 Å². The highest BCUT2D eigenvalue weighted by molar-refractivity contribution is 5.14. The van der Waals surface area contributed by atoms with Gasteiger partial charge >= 0.3 is 0 Å². The third kappa shape index (κ3) is 5.32. The van der Waals surface area contributed by atoms with E-state index in [0.717, 1.165) is 0 Å². The van der Waals surface area contributed by atoms with Gasteiger partial charge in [0.05, 0.1) is 0 Å². The van der Waals surface area contributed by atoms with Crippen molar-refractivity contribution in [3.8, 4) is 0 Å². The molecule has 1 aromatic carbocycles. The summed E-state index contributed by atoms with van der Waals surface area (Å²) < 4.78 is 0. The van der Waals surface area contributed by atoms with Crippen LogP contribution >= 0.6 is 0 Å². The number of nitrogens with one attached hydrogen (secondary N) is 1. The maximum Gasteiger partial charge on any atom is 0.00724 e. The van der Waals surface area contributed by atoms with Gasteiger partial charge in [-0.3, -0.25) is 0 Å². The predicted octanol–water partition coefficient (Wildman–Crippen LogP) is 3.79. The largest absolute Gasteiger partial charge is 0.312 e. The first-order chi connectivity index (χ1) is 7.72. The minimum absolute atomic E-state index is 0.590. The molecule has 1 heteroatoms. The molecule has 0 saturated carbocycles. The second kappa shape index (κ2) is 7.45. The molecule has 0 aromatic heterocycles. The third-order valence-corrected chi connectivity index (χ3v) is 2.83. The summed E-state index contributed by atoms with van der Waals surface area (Å²) in [6.07, 6.45) is 4.98. The van der Waals surface area contributed by atoms with Crippen LogP contribution in [0.1, 0.15) is 45.6 Å². The fraction of sp³-hybridized carbons (Fsp3) is 0.600. The van der Waals surface area contributed by atoms with Crippen LogP contribution < -0.4 is 5.32 Å². The molecule has 0 aliphatic carbocycles. The van der Waals surface area contributed by atoms with Crippen LogP contribution in [0.5, 0.6) is 0 Å². The van der Waals surface area contributed by atoms with Gasteiger partial charge < -0.3 is 5.32 Å². The molecular weight excluding hydrogens is 194 g/mol. The van der Waals surface area contributed by atoms with Gasteiger partial charge in [0, 0.05) is 12.1 Å². The molecule has 0 aliphatic rings. The number of hydrogen-bond acceptors (Lipinski definition) is 1. The van der Waals surface area contributed by atoms with Crippen molar-refractivity contribution in [3.05, 3.63) is 35.9 Å². The monoisotopic (exact) mass is 219 g/mol. The van der Waals surface area contributed by atoms with Gasteiger partial charge in [-0.1, -0.05) is 57.5 Å². The molecular formula is C15H25N. The van der Waals surface area contributed by atoms with Crippen LogP contribution in [0.2, 0.25) is 0 Å². The molecule has 0 saturated heterocycles. The van der Waals surface area contributed by atoms with Crippen molar-refractivity contribution in [3.63, 3.8) is 0 Å². The Kier molecular flexibility index (Phi) is 6.17. The van der Waals surface area contributed by atoms with Gasteiger partial charge in [-0.05, 0) is 24.8 Å².